The fourth-order valence-electron chi connectivity index (χ4n) is 2.49. The third kappa shape index (κ3) is 6.06. The SMILES string of the molecule is CCC(NC(=O)CCC(C)N)C(C)(C)c1ccccc1.Cl. The lowest BCUT2D eigenvalue weighted by molar-refractivity contribution is -0.122. The second-order valence-corrected chi connectivity index (χ2v) is 6.13. The number of hydrogen-bond donors (Lipinski definition) is 2. The summed E-state index contributed by atoms with van der Waals surface area (Å²) in [7, 11) is 0. The lowest BCUT2D eigenvalue weighted by Crippen LogP contribution is -2.47. The Morgan fingerprint density at radius 3 is 2.33 bits per heavy atom. The fraction of sp³-hybridized carbons (Fsp3) is 0.588. The molecule has 3 N–H and O–H groups in total. The summed E-state index contributed by atoms with van der Waals surface area (Å²) in [5.41, 5.74) is 6.87. The smallest absolute Gasteiger partial charge is 0.220 e. The lowest BCUT2D eigenvalue weighted by Gasteiger charge is -2.35. The highest BCUT2D eigenvalue weighted by Crippen LogP contribution is 2.28. The van der Waals surface area contributed by atoms with Crippen LogP contribution >= 0.6 is 12.4 Å². The Bertz CT molecular complexity index is 418. The summed E-state index contributed by atoms with van der Waals surface area (Å²) in [5, 5.41) is 3.17. The van der Waals surface area contributed by atoms with Crippen LogP contribution in [0.15, 0.2) is 30.3 Å². The molecule has 1 aromatic rings. The molecule has 0 aliphatic heterocycles. The number of rotatable bonds is 7. The first-order valence-electron chi connectivity index (χ1n) is 7.48. The maximum absolute atomic E-state index is 12.0. The molecular formula is C17H29ClN2O. The molecule has 21 heavy (non-hydrogen) atoms. The normalized spacial score (nSPS) is 14.0. The van der Waals surface area contributed by atoms with Gasteiger partial charge in [-0.2, -0.15) is 0 Å². The van der Waals surface area contributed by atoms with Gasteiger partial charge in [0.25, 0.3) is 0 Å². The van der Waals surface area contributed by atoms with Crippen LogP contribution in [0.3, 0.4) is 0 Å². The van der Waals surface area contributed by atoms with Gasteiger partial charge in [-0.15, -0.1) is 12.4 Å². The van der Waals surface area contributed by atoms with Crippen LogP contribution in [-0.4, -0.2) is 18.0 Å². The van der Waals surface area contributed by atoms with E-state index in [0.29, 0.717) is 6.42 Å². The minimum atomic E-state index is -0.0833. The van der Waals surface area contributed by atoms with Gasteiger partial charge in [0, 0.05) is 23.9 Å². The first kappa shape index (κ1) is 19.9. The van der Waals surface area contributed by atoms with Crippen molar-refractivity contribution in [2.24, 2.45) is 5.73 Å². The van der Waals surface area contributed by atoms with Gasteiger partial charge in [-0.05, 0) is 25.3 Å². The van der Waals surface area contributed by atoms with Crippen LogP contribution in [-0.2, 0) is 10.2 Å². The Morgan fingerprint density at radius 1 is 1.29 bits per heavy atom. The average Bonchev–Trinajstić information content (AvgIpc) is 2.43. The maximum Gasteiger partial charge on any atom is 0.220 e. The predicted molar refractivity (Wildman–Crippen MR) is 91.8 cm³/mol. The third-order valence-corrected chi connectivity index (χ3v) is 3.96. The van der Waals surface area contributed by atoms with Crippen molar-refractivity contribution >= 4 is 18.3 Å². The quantitative estimate of drug-likeness (QED) is 0.810. The molecule has 0 aliphatic rings. The molecule has 2 unspecified atom stereocenters. The van der Waals surface area contributed by atoms with Crippen molar-refractivity contribution < 1.29 is 4.79 Å². The van der Waals surface area contributed by atoms with Crippen molar-refractivity contribution in [1.29, 1.82) is 0 Å². The van der Waals surface area contributed by atoms with Crippen molar-refractivity contribution in [3.8, 4) is 0 Å². The number of carbonyl (C=O) groups excluding carboxylic acids is 1. The van der Waals surface area contributed by atoms with Crippen LogP contribution < -0.4 is 11.1 Å². The molecule has 0 aromatic heterocycles. The Morgan fingerprint density at radius 2 is 1.86 bits per heavy atom. The van der Waals surface area contributed by atoms with Gasteiger partial charge < -0.3 is 11.1 Å². The number of carbonyl (C=O) groups is 1. The van der Waals surface area contributed by atoms with Crippen molar-refractivity contribution in [3.63, 3.8) is 0 Å². The zero-order valence-electron chi connectivity index (χ0n) is 13.6. The van der Waals surface area contributed by atoms with E-state index in [1.165, 1.54) is 5.56 Å². The molecule has 0 heterocycles. The highest BCUT2D eigenvalue weighted by atomic mass is 35.5. The van der Waals surface area contributed by atoms with E-state index in [-0.39, 0.29) is 35.8 Å². The summed E-state index contributed by atoms with van der Waals surface area (Å²) in [6.45, 7) is 8.41. The number of nitrogens with one attached hydrogen (secondary N) is 1. The van der Waals surface area contributed by atoms with Gasteiger partial charge in [-0.1, -0.05) is 51.1 Å². The summed E-state index contributed by atoms with van der Waals surface area (Å²) in [6.07, 6.45) is 2.14. The van der Waals surface area contributed by atoms with Gasteiger partial charge in [0.05, 0.1) is 0 Å². The first-order valence-corrected chi connectivity index (χ1v) is 7.48. The molecule has 2 atom stereocenters. The molecule has 0 fully saturated rings. The summed E-state index contributed by atoms with van der Waals surface area (Å²) < 4.78 is 0. The summed E-state index contributed by atoms with van der Waals surface area (Å²) in [6, 6.07) is 10.5. The van der Waals surface area contributed by atoms with Crippen molar-refractivity contribution in [3.05, 3.63) is 35.9 Å². The first-order chi connectivity index (χ1) is 9.37. The molecule has 1 amide bonds. The van der Waals surface area contributed by atoms with Crippen LogP contribution in [0.5, 0.6) is 0 Å². The van der Waals surface area contributed by atoms with Crippen LogP contribution in [0.25, 0.3) is 0 Å². The van der Waals surface area contributed by atoms with Gasteiger partial charge in [0.2, 0.25) is 5.91 Å². The van der Waals surface area contributed by atoms with Crippen molar-refractivity contribution in [2.45, 2.75) is 64.5 Å². The van der Waals surface area contributed by atoms with E-state index >= 15 is 0 Å². The van der Waals surface area contributed by atoms with E-state index in [2.05, 4.69) is 38.2 Å². The molecular weight excluding hydrogens is 284 g/mol. The molecule has 120 valence electrons. The standard InChI is InChI=1S/C17H28N2O.ClH/c1-5-15(19-16(20)12-11-13(2)18)17(3,4)14-9-7-6-8-10-14;/h6-10,13,15H,5,11-12,18H2,1-4H3,(H,19,20);1H. The predicted octanol–water partition coefficient (Wildman–Crippen LogP) is 3.41. The average molecular weight is 313 g/mol. The minimum absolute atomic E-state index is 0. The molecule has 0 radical (unpaired) electrons. The van der Waals surface area contributed by atoms with E-state index < -0.39 is 0 Å². The second-order valence-electron chi connectivity index (χ2n) is 6.13. The highest BCUT2D eigenvalue weighted by molar-refractivity contribution is 5.85. The Balaban J connectivity index is 0.00000400. The van der Waals surface area contributed by atoms with Crippen molar-refractivity contribution in [2.75, 3.05) is 0 Å². The monoisotopic (exact) mass is 312 g/mol. The molecule has 0 saturated carbocycles. The van der Waals surface area contributed by atoms with E-state index in [4.69, 9.17) is 5.73 Å². The zero-order valence-corrected chi connectivity index (χ0v) is 14.4. The number of halogens is 1. The van der Waals surface area contributed by atoms with Gasteiger partial charge in [0.1, 0.15) is 0 Å². The third-order valence-electron chi connectivity index (χ3n) is 3.96. The highest BCUT2D eigenvalue weighted by Gasteiger charge is 2.30. The van der Waals surface area contributed by atoms with Gasteiger partial charge >= 0.3 is 0 Å². The summed E-state index contributed by atoms with van der Waals surface area (Å²) >= 11 is 0. The Labute approximate surface area is 135 Å². The maximum atomic E-state index is 12.0. The van der Waals surface area contributed by atoms with E-state index in [9.17, 15) is 4.79 Å². The second kappa shape index (κ2) is 9.06. The van der Waals surface area contributed by atoms with Crippen LogP contribution in [0.1, 0.15) is 52.5 Å². The number of amides is 1. The van der Waals surface area contributed by atoms with Gasteiger partial charge in [0.15, 0.2) is 0 Å². The van der Waals surface area contributed by atoms with E-state index in [1.807, 2.05) is 25.1 Å². The summed E-state index contributed by atoms with van der Waals surface area (Å²) in [5.74, 6) is 0.0955. The fourth-order valence-corrected chi connectivity index (χ4v) is 2.49. The molecule has 0 bridgehead atoms. The van der Waals surface area contributed by atoms with E-state index in [1.54, 1.807) is 0 Å². The topological polar surface area (TPSA) is 55.1 Å². The summed E-state index contributed by atoms with van der Waals surface area (Å²) in [4.78, 5) is 12.0. The lowest BCUT2D eigenvalue weighted by atomic mass is 9.76. The molecule has 1 aromatic carbocycles. The molecule has 4 heteroatoms. The molecule has 1 rings (SSSR count). The Hall–Kier alpha value is -1.06. The zero-order chi connectivity index (χ0) is 15.2. The van der Waals surface area contributed by atoms with Gasteiger partial charge in [-0.3, -0.25) is 4.79 Å². The molecule has 3 nitrogen and oxygen atoms in total. The number of hydrogen-bond acceptors (Lipinski definition) is 2. The van der Waals surface area contributed by atoms with E-state index in [0.717, 1.165) is 12.8 Å². The molecule has 0 aliphatic carbocycles. The van der Waals surface area contributed by atoms with Crippen LogP contribution in [0.4, 0.5) is 0 Å². The van der Waals surface area contributed by atoms with Crippen LogP contribution in [0.2, 0.25) is 0 Å². The number of nitrogens with two attached hydrogens (primary N) is 1. The Kier molecular flexibility index (Phi) is 8.60. The molecule has 0 spiro atoms. The van der Waals surface area contributed by atoms with Crippen molar-refractivity contribution in [1.82, 2.24) is 5.32 Å². The largest absolute Gasteiger partial charge is 0.353 e. The van der Waals surface area contributed by atoms with Crippen LogP contribution in [0, 0.1) is 0 Å². The number of benzene rings is 1. The van der Waals surface area contributed by atoms with Gasteiger partial charge in [-0.25, -0.2) is 0 Å². The minimum Gasteiger partial charge on any atom is -0.353 e. The molecule has 0 saturated heterocycles.